The summed E-state index contributed by atoms with van der Waals surface area (Å²) in [6, 6.07) is 10.1. The monoisotopic (exact) mass is 287 g/mol. The fourth-order valence-corrected chi connectivity index (χ4v) is 3.19. The first kappa shape index (κ1) is 13.9. The van der Waals surface area contributed by atoms with E-state index in [0.717, 1.165) is 13.0 Å². The quantitative estimate of drug-likeness (QED) is 0.871. The number of nitrogens with zero attached hydrogens (tertiary/aromatic N) is 1. The molecule has 0 radical (unpaired) electrons. The van der Waals surface area contributed by atoms with Crippen LogP contribution in [0, 0.1) is 11.8 Å². The molecule has 2 fully saturated rings. The number of piperidine rings is 1. The minimum Gasteiger partial charge on any atom is -0.356 e. The summed E-state index contributed by atoms with van der Waals surface area (Å²) >= 11 is 0. The van der Waals surface area contributed by atoms with Crippen LogP contribution in [0.4, 0.5) is 4.79 Å². The predicted molar refractivity (Wildman–Crippen MR) is 79.7 cm³/mol. The third-order valence-electron chi connectivity index (χ3n) is 4.41. The van der Waals surface area contributed by atoms with Crippen LogP contribution in [-0.4, -0.2) is 43.0 Å². The van der Waals surface area contributed by atoms with Gasteiger partial charge < -0.3 is 15.5 Å². The Hall–Kier alpha value is -2.04. The van der Waals surface area contributed by atoms with Crippen molar-refractivity contribution in [2.75, 3.05) is 26.2 Å². The zero-order chi connectivity index (χ0) is 14.7. The number of hydrogen-bond donors (Lipinski definition) is 2. The summed E-state index contributed by atoms with van der Waals surface area (Å²) < 4.78 is 0. The summed E-state index contributed by atoms with van der Waals surface area (Å²) in [5, 5.41) is 5.86. The second-order valence-electron chi connectivity index (χ2n) is 5.90. The van der Waals surface area contributed by atoms with Crippen molar-refractivity contribution in [2.45, 2.75) is 12.8 Å². The summed E-state index contributed by atoms with van der Waals surface area (Å²) in [4.78, 5) is 25.4. The molecule has 2 heterocycles. The van der Waals surface area contributed by atoms with Gasteiger partial charge in [0.15, 0.2) is 0 Å². The molecular formula is C16H21N3O2. The summed E-state index contributed by atoms with van der Waals surface area (Å²) in [6.45, 7) is 2.81. The molecule has 0 aliphatic carbocycles. The Morgan fingerprint density at radius 2 is 2.00 bits per heavy atom. The van der Waals surface area contributed by atoms with Crippen LogP contribution in [0.1, 0.15) is 12.0 Å². The molecule has 2 aliphatic heterocycles. The molecule has 0 bridgehead atoms. The van der Waals surface area contributed by atoms with Crippen molar-refractivity contribution in [1.29, 1.82) is 0 Å². The average Bonchev–Trinajstić information content (AvgIpc) is 2.91. The molecule has 2 saturated heterocycles. The van der Waals surface area contributed by atoms with Gasteiger partial charge in [-0.3, -0.25) is 4.79 Å². The van der Waals surface area contributed by atoms with Crippen LogP contribution in [0.25, 0.3) is 0 Å². The van der Waals surface area contributed by atoms with Crippen molar-refractivity contribution in [3.63, 3.8) is 0 Å². The lowest BCUT2D eigenvalue weighted by molar-refractivity contribution is -0.124. The summed E-state index contributed by atoms with van der Waals surface area (Å²) in [5.41, 5.74) is 1.22. The molecule has 1 aromatic carbocycles. The van der Waals surface area contributed by atoms with Gasteiger partial charge in [-0.15, -0.1) is 0 Å². The lowest BCUT2D eigenvalue weighted by Crippen LogP contribution is -2.40. The molecule has 2 N–H and O–H groups in total. The molecule has 3 amide bonds. The smallest absolute Gasteiger partial charge is 0.317 e. The number of likely N-dealkylation sites (tertiary alicyclic amines) is 1. The van der Waals surface area contributed by atoms with Crippen molar-refractivity contribution in [2.24, 2.45) is 11.8 Å². The van der Waals surface area contributed by atoms with E-state index in [1.165, 1.54) is 5.56 Å². The van der Waals surface area contributed by atoms with Gasteiger partial charge in [-0.25, -0.2) is 4.79 Å². The lowest BCUT2D eigenvalue weighted by atomic mass is 9.89. The molecule has 0 unspecified atom stereocenters. The van der Waals surface area contributed by atoms with Crippen LogP contribution >= 0.6 is 0 Å². The highest BCUT2D eigenvalue weighted by atomic mass is 16.2. The molecule has 3 rings (SSSR count). The van der Waals surface area contributed by atoms with Crippen molar-refractivity contribution < 1.29 is 9.59 Å². The third kappa shape index (κ3) is 3.35. The highest BCUT2D eigenvalue weighted by Crippen LogP contribution is 2.28. The largest absolute Gasteiger partial charge is 0.356 e. The van der Waals surface area contributed by atoms with E-state index in [1.807, 2.05) is 23.1 Å². The van der Waals surface area contributed by atoms with Gasteiger partial charge in [0.2, 0.25) is 5.91 Å². The molecule has 5 nitrogen and oxygen atoms in total. The van der Waals surface area contributed by atoms with Gasteiger partial charge in [0, 0.05) is 32.6 Å². The lowest BCUT2D eigenvalue weighted by Gasteiger charge is -2.23. The Morgan fingerprint density at radius 1 is 1.24 bits per heavy atom. The average molecular weight is 287 g/mol. The molecule has 0 spiro atoms. The number of hydrogen-bond acceptors (Lipinski definition) is 2. The van der Waals surface area contributed by atoms with E-state index < -0.39 is 0 Å². The van der Waals surface area contributed by atoms with Crippen LogP contribution in [0.15, 0.2) is 30.3 Å². The minimum atomic E-state index is -0.00669. The van der Waals surface area contributed by atoms with Crippen LogP contribution in [0.3, 0.4) is 0 Å². The Bertz CT molecular complexity index is 518. The minimum absolute atomic E-state index is 0.00669. The van der Waals surface area contributed by atoms with Crippen LogP contribution in [0.2, 0.25) is 0 Å². The second-order valence-corrected chi connectivity index (χ2v) is 5.90. The van der Waals surface area contributed by atoms with Crippen LogP contribution in [-0.2, 0) is 11.2 Å². The van der Waals surface area contributed by atoms with Crippen molar-refractivity contribution in [3.8, 4) is 0 Å². The molecule has 0 aromatic heterocycles. The first-order valence-electron chi connectivity index (χ1n) is 7.56. The van der Waals surface area contributed by atoms with Gasteiger partial charge in [0.1, 0.15) is 0 Å². The first-order chi connectivity index (χ1) is 10.2. The highest BCUT2D eigenvalue weighted by Gasteiger charge is 2.38. The van der Waals surface area contributed by atoms with Gasteiger partial charge in [-0.2, -0.15) is 0 Å². The van der Waals surface area contributed by atoms with Crippen LogP contribution in [0.5, 0.6) is 0 Å². The van der Waals surface area contributed by atoms with Crippen molar-refractivity contribution in [1.82, 2.24) is 15.5 Å². The second kappa shape index (κ2) is 6.16. The maximum Gasteiger partial charge on any atom is 0.317 e. The number of carbonyl (C=O) groups excluding carboxylic acids is 2. The van der Waals surface area contributed by atoms with E-state index in [1.54, 1.807) is 0 Å². The molecule has 112 valence electrons. The molecule has 2 aliphatic rings. The van der Waals surface area contributed by atoms with Crippen LogP contribution < -0.4 is 10.6 Å². The molecule has 0 saturated carbocycles. The number of urea groups is 1. The van der Waals surface area contributed by atoms with Gasteiger partial charge >= 0.3 is 6.03 Å². The van der Waals surface area contributed by atoms with E-state index in [4.69, 9.17) is 0 Å². The summed E-state index contributed by atoms with van der Waals surface area (Å²) in [5.74, 6) is 0.865. The zero-order valence-corrected chi connectivity index (χ0v) is 12.0. The van der Waals surface area contributed by atoms with Gasteiger partial charge in [0.05, 0.1) is 0 Å². The normalized spacial score (nSPS) is 24.4. The predicted octanol–water partition coefficient (Wildman–Crippen LogP) is 1.01. The maximum absolute atomic E-state index is 12.2. The summed E-state index contributed by atoms with van der Waals surface area (Å²) in [6.07, 6.45) is 1.39. The number of fused-ring (bicyclic) bond motifs is 1. The standard InChI is InChI=1S/C16H21N3O2/c20-15-8-13-10-19(11-14(13)9-18-15)16(21)17-7-6-12-4-2-1-3-5-12/h1-5,13-14H,6-11H2,(H,17,21)(H,18,20)/t13-,14+/m0/s1. The van der Waals surface area contributed by atoms with E-state index >= 15 is 0 Å². The van der Waals surface area contributed by atoms with Gasteiger partial charge in [-0.05, 0) is 23.8 Å². The third-order valence-corrected chi connectivity index (χ3v) is 4.41. The maximum atomic E-state index is 12.2. The topological polar surface area (TPSA) is 61.4 Å². The Morgan fingerprint density at radius 3 is 2.81 bits per heavy atom. The number of benzene rings is 1. The number of rotatable bonds is 3. The Kier molecular flexibility index (Phi) is 4.08. The van der Waals surface area contributed by atoms with E-state index in [0.29, 0.717) is 37.9 Å². The zero-order valence-electron chi connectivity index (χ0n) is 12.0. The Labute approximate surface area is 124 Å². The summed E-state index contributed by atoms with van der Waals surface area (Å²) in [7, 11) is 0. The number of amides is 3. The molecule has 1 aromatic rings. The molecular weight excluding hydrogens is 266 g/mol. The van der Waals surface area contributed by atoms with Crippen molar-refractivity contribution in [3.05, 3.63) is 35.9 Å². The molecule has 5 heteroatoms. The van der Waals surface area contributed by atoms with Crippen molar-refractivity contribution >= 4 is 11.9 Å². The van der Waals surface area contributed by atoms with E-state index in [-0.39, 0.29) is 11.9 Å². The van der Waals surface area contributed by atoms with E-state index in [9.17, 15) is 9.59 Å². The fourth-order valence-electron chi connectivity index (χ4n) is 3.19. The molecule has 2 atom stereocenters. The first-order valence-corrected chi connectivity index (χ1v) is 7.56. The van der Waals surface area contributed by atoms with Gasteiger partial charge in [0.25, 0.3) is 0 Å². The van der Waals surface area contributed by atoms with Gasteiger partial charge in [-0.1, -0.05) is 30.3 Å². The van der Waals surface area contributed by atoms with E-state index in [2.05, 4.69) is 22.8 Å². The SMILES string of the molecule is O=C1C[C@H]2CN(C(=O)NCCc3ccccc3)C[C@H]2CN1. The number of carbonyl (C=O) groups is 2. The highest BCUT2D eigenvalue weighted by molar-refractivity contribution is 5.78. The Balaban J connectivity index is 1.45. The fraction of sp³-hybridized carbons (Fsp3) is 0.500. The number of nitrogens with one attached hydrogen (secondary N) is 2. The molecule has 21 heavy (non-hydrogen) atoms.